The fourth-order valence-corrected chi connectivity index (χ4v) is 2.65. The van der Waals surface area contributed by atoms with Gasteiger partial charge in [-0.2, -0.15) is 0 Å². The van der Waals surface area contributed by atoms with Crippen LogP contribution < -0.4 is 10.6 Å². The second kappa shape index (κ2) is 6.19. The van der Waals surface area contributed by atoms with Crippen LogP contribution in [0.1, 0.15) is 57.7 Å². The van der Waals surface area contributed by atoms with Gasteiger partial charge >= 0.3 is 0 Å². The topological polar surface area (TPSA) is 42.1 Å². The Labute approximate surface area is 110 Å². The SMILES string of the molecule is CCC(N)c1ccc(N2CCCCCC2C)cn1. The Kier molecular flexibility index (Phi) is 4.59. The maximum Gasteiger partial charge on any atom is 0.0572 e. The molecule has 18 heavy (non-hydrogen) atoms. The minimum atomic E-state index is 0.0700. The fourth-order valence-electron chi connectivity index (χ4n) is 2.65. The van der Waals surface area contributed by atoms with Gasteiger partial charge in [0.25, 0.3) is 0 Å². The smallest absolute Gasteiger partial charge is 0.0572 e. The summed E-state index contributed by atoms with van der Waals surface area (Å²) in [7, 11) is 0. The molecular weight excluding hydrogens is 222 g/mol. The molecule has 0 amide bonds. The van der Waals surface area contributed by atoms with Crippen LogP contribution in [0.2, 0.25) is 0 Å². The van der Waals surface area contributed by atoms with Gasteiger partial charge in [-0.05, 0) is 38.3 Å². The average Bonchev–Trinajstić information content (AvgIpc) is 2.63. The zero-order valence-corrected chi connectivity index (χ0v) is 11.6. The Morgan fingerprint density at radius 3 is 2.89 bits per heavy atom. The van der Waals surface area contributed by atoms with Crippen molar-refractivity contribution in [3.05, 3.63) is 24.0 Å². The molecule has 2 unspecified atom stereocenters. The van der Waals surface area contributed by atoms with Crippen LogP contribution in [-0.2, 0) is 0 Å². The molecule has 100 valence electrons. The lowest BCUT2D eigenvalue weighted by atomic mass is 10.1. The molecule has 0 radical (unpaired) electrons. The summed E-state index contributed by atoms with van der Waals surface area (Å²) in [4.78, 5) is 7.01. The standard InChI is InChI=1S/C15H25N3/c1-3-14(16)15-9-8-13(11-17-15)18-10-6-4-5-7-12(18)2/h8-9,11-12,14H,3-7,10,16H2,1-2H3. The lowest BCUT2D eigenvalue weighted by molar-refractivity contribution is 0.614. The summed E-state index contributed by atoms with van der Waals surface area (Å²) in [6.45, 7) is 5.57. The third-order valence-corrected chi connectivity index (χ3v) is 3.98. The van der Waals surface area contributed by atoms with Crippen molar-refractivity contribution in [1.29, 1.82) is 0 Å². The summed E-state index contributed by atoms with van der Waals surface area (Å²) in [6, 6.07) is 4.96. The first-order valence-electron chi connectivity index (χ1n) is 7.20. The highest BCUT2D eigenvalue weighted by atomic mass is 15.2. The monoisotopic (exact) mass is 247 g/mol. The molecule has 3 heteroatoms. The van der Waals surface area contributed by atoms with E-state index in [0.29, 0.717) is 6.04 Å². The first kappa shape index (κ1) is 13.3. The van der Waals surface area contributed by atoms with Crippen LogP contribution >= 0.6 is 0 Å². The summed E-state index contributed by atoms with van der Waals surface area (Å²) in [5, 5.41) is 0. The van der Waals surface area contributed by atoms with Crippen LogP contribution in [0.3, 0.4) is 0 Å². The molecule has 2 heterocycles. The van der Waals surface area contributed by atoms with Crippen molar-refractivity contribution in [3.63, 3.8) is 0 Å². The van der Waals surface area contributed by atoms with E-state index < -0.39 is 0 Å². The van der Waals surface area contributed by atoms with Crippen molar-refractivity contribution in [2.45, 2.75) is 58.0 Å². The van der Waals surface area contributed by atoms with Crippen molar-refractivity contribution in [3.8, 4) is 0 Å². The highest BCUT2D eigenvalue weighted by molar-refractivity contribution is 5.46. The van der Waals surface area contributed by atoms with E-state index in [1.807, 2.05) is 6.20 Å². The number of hydrogen-bond donors (Lipinski definition) is 1. The maximum atomic E-state index is 6.00. The fraction of sp³-hybridized carbons (Fsp3) is 0.667. The number of pyridine rings is 1. The second-order valence-corrected chi connectivity index (χ2v) is 5.35. The van der Waals surface area contributed by atoms with Gasteiger partial charge in [-0.25, -0.2) is 0 Å². The van der Waals surface area contributed by atoms with E-state index in [2.05, 4.69) is 35.9 Å². The third-order valence-electron chi connectivity index (χ3n) is 3.98. The van der Waals surface area contributed by atoms with E-state index in [1.54, 1.807) is 0 Å². The van der Waals surface area contributed by atoms with Gasteiger partial charge in [0.15, 0.2) is 0 Å². The van der Waals surface area contributed by atoms with E-state index in [0.717, 1.165) is 18.7 Å². The average molecular weight is 247 g/mol. The highest BCUT2D eigenvalue weighted by Gasteiger charge is 2.17. The molecule has 0 bridgehead atoms. The van der Waals surface area contributed by atoms with Crippen LogP contribution in [0, 0.1) is 0 Å². The normalized spacial score (nSPS) is 22.6. The quantitative estimate of drug-likeness (QED) is 0.891. The number of anilines is 1. The Bertz CT molecular complexity index is 361. The summed E-state index contributed by atoms with van der Waals surface area (Å²) in [5.41, 5.74) is 8.25. The van der Waals surface area contributed by atoms with E-state index >= 15 is 0 Å². The first-order chi connectivity index (χ1) is 8.72. The molecule has 0 aliphatic carbocycles. The number of nitrogens with zero attached hydrogens (tertiary/aromatic N) is 2. The van der Waals surface area contributed by atoms with E-state index in [9.17, 15) is 0 Å². The largest absolute Gasteiger partial charge is 0.368 e. The minimum absolute atomic E-state index is 0.0700. The van der Waals surface area contributed by atoms with Crippen LogP contribution in [0.5, 0.6) is 0 Å². The molecule has 0 aromatic carbocycles. The van der Waals surface area contributed by atoms with Gasteiger partial charge in [0.2, 0.25) is 0 Å². The van der Waals surface area contributed by atoms with Gasteiger partial charge in [-0.1, -0.05) is 19.8 Å². The molecule has 0 spiro atoms. The number of aromatic nitrogens is 1. The van der Waals surface area contributed by atoms with Crippen LogP contribution in [-0.4, -0.2) is 17.6 Å². The Morgan fingerprint density at radius 2 is 2.22 bits per heavy atom. The molecule has 0 saturated carbocycles. The third kappa shape index (κ3) is 3.02. The zero-order chi connectivity index (χ0) is 13.0. The number of hydrogen-bond acceptors (Lipinski definition) is 3. The highest BCUT2D eigenvalue weighted by Crippen LogP contribution is 2.24. The zero-order valence-electron chi connectivity index (χ0n) is 11.6. The van der Waals surface area contributed by atoms with E-state index in [-0.39, 0.29) is 6.04 Å². The minimum Gasteiger partial charge on any atom is -0.368 e. The van der Waals surface area contributed by atoms with Gasteiger partial charge in [-0.15, -0.1) is 0 Å². The number of rotatable bonds is 3. The Balaban J connectivity index is 2.12. The van der Waals surface area contributed by atoms with Gasteiger partial charge < -0.3 is 10.6 Å². The lowest BCUT2D eigenvalue weighted by Gasteiger charge is -2.29. The molecule has 1 saturated heterocycles. The van der Waals surface area contributed by atoms with Crippen molar-refractivity contribution in [2.75, 3.05) is 11.4 Å². The van der Waals surface area contributed by atoms with Crippen molar-refractivity contribution in [1.82, 2.24) is 4.98 Å². The van der Waals surface area contributed by atoms with Crippen molar-refractivity contribution < 1.29 is 0 Å². The van der Waals surface area contributed by atoms with Gasteiger partial charge in [0.05, 0.1) is 17.6 Å². The molecule has 1 aromatic rings. The summed E-state index contributed by atoms with van der Waals surface area (Å²) >= 11 is 0. The molecule has 1 fully saturated rings. The van der Waals surface area contributed by atoms with Crippen LogP contribution in [0.25, 0.3) is 0 Å². The molecule has 1 aromatic heterocycles. The predicted octanol–water partition coefficient (Wildman–Crippen LogP) is 3.26. The first-order valence-corrected chi connectivity index (χ1v) is 7.20. The molecule has 1 aliphatic heterocycles. The van der Waals surface area contributed by atoms with Gasteiger partial charge in [0, 0.05) is 18.6 Å². The van der Waals surface area contributed by atoms with Crippen molar-refractivity contribution >= 4 is 5.69 Å². The lowest BCUT2D eigenvalue weighted by Crippen LogP contribution is -2.32. The summed E-state index contributed by atoms with van der Waals surface area (Å²) < 4.78 is 0. The second-order valence-electron chi connectivity index (χ2n) is 5.35. The van der Waals surface area contributed by atoms with Crippen LogP contribution in [0.15, 0.2) is 18.3 Å². The Hall–Kier alpha value is -1.09. The molecular formula is C15H25N3. The molecule has 2 atom stereocenters. The number of nitrogens with two attached hydrogens (primary N) is 1. The predicted molar refractivity (Wildman–Crippen MR) is 76.7 cm³/mol. The van der Waals surface area contributed by atoms with Crippen molar-refractivity contribution in [2.24, 2.45) is 5.73 Å². The Morgan fingerprint density at radius 1 is 1.39 bits per heavy atom. The van der Waals surface area contributed by atoms with E-state index in [1.165, 1.54) is 31.4 Å². The summed E-state index contributed by atoms with van der Waals surface area (Å²) in [5.74, 6) is 0. The summed E-state index contributed by atoms with van der Waals surface area (Å²) in [6.07, 6.45) is 8.22. The van der Waals surface area contributed by atoms with Crippen LogP contribution in [0.4, 0.5) is 5.69 Å². The van der Waals surface area contributed by atoms with E-state index in [4.69, 9.17) is 5.73 Å². The van der Waals surface area contributed by atoms with Gasteiger partial charge in [0.1, 0.15) is 0 Å². The van der Waals surface area contributed by atoms with Gasteiger partial charge in [-0.3, -0.25) is 4.98 Å². The maximum absolute atomic E-state index is 6.00. The molecule has 2 rings (SSSR count). The molecule has 1 aliphatic rings. The molecule has 2 N–H and O–H groups in total. The molecule has 3 nitrogen and oxygen atoms in total.